The largest absolute Gasteiger partial charge is 0.318 e. The molecule has 0 aliphatic carbocycles. The maximum Gasteiger partial charge on any atom is 0.318 e. The van der Waals surface area contributed by atoms with Crippen LogP contribution in [-0.2, 0) is 0 Å². The molecule has 0 saturated carbocycles. The van der Waals surface area contributed by atoms with Gasteiger partial charge in [-0.3, -0.25) is 4.79 Å². The van der Waals surface area contributed by atoms with Gasteiger partial charge in [-0.15, -0.1) is 10.2 Å². The fourth-order valence-corrected chi connectivity index (χ4v) is 0.695. The maximum absolute atomic E-state index is 10.7. The number of rotatable bonds is 0. The Kier molecular flexibility index (Phi) is 0.858. The van der Waals surface area contributed by atoms with E-state index in [1.165, 1.54) is 12.4 Å². The molecule has 0 bridgehead atoms. The van der Waals surface area contributed by atoms with E-state index in [-0.39, 0.29) is 5.69 Å². The Labute approximate surface area is 55.8 Å². The van der Waals surface area contributed by atoms with Crippen LogP contribution in [0, 0.1) is 0 Å². The molecule has 1 aliphatic rings. The highest BCUT2D eigenvalue weighted by atomic mass is 16.2. The Morgan fingerprint density at radius 1 is 1.10 bits per heavy atom. The lowest BCUT2D eigenvalue weighted by Crippen LogP contribution is -1.93. The van der Waals surface area contributed by atoms with Crippen molar-refractivity contribution < 1.29 is 4.79 Å². The number of carbonyl (C=O) groups is 1. The molecule has 0 unspecified atom stereocenters. The summed E-state index contributed by atoms with van der Waals surface area (Å²) >= 11 is 0. The first-order valence-electron chi connectivity index (χ1n) is 2.65. The van der Waals surface area contributed by atoms with Crippen molar-refractivity contribution in [1.82, 2.24) is 9.97 Å². The van der Waals surface area contributed by atoms with Gasteiger partial charge in [-0.25, -0.2) is 9.97 Å². The highest BCUT2D eigenvalue weighted by Crippen LogP contribution is 2.19. The van der Waals surface area contributed by atoms with Crippen molar-refractivity contribution in [2.45, 2.75) is 0 Å². The molecule has 2 heterocycles. The lowest BCUT2D eigenvalue weighted by atomic mass is 10.4. The number of fused-ring (bicyclic) bond motifs is 1. The molecule has 2 rings (SSSR count). The summed E-state index contributed by atoms with van der Waals surface area (Å²) in [5.41, 5.74) is 0.238. The normalized spacial score (nSPS) is 13.8. The van der Waals surface area contributed by atoms with E-state index in [4.69, 9.17) is 0 Å². The topological polar surface area (TPSA) is 67.6 Å². The van der Waals surface area contributed by atoms with Crippen molar-refractivity contribution in [2.24, 2.45) is 10.2 Å². The Morgan fingerprint density at radius 3 is 2.70 bits per heavy atom. The van der Waals surface area contributed by atoms with Gasteiger partial charge in [0.1, 0.15) is 0 Å². The van der Waals surface area contributed by atoms with Gasteiger partial charge >= 0.3 is 5.91 Å². The van der Waals surface area contributed by atoms with E-state index in [9.17, 15) is 4.79 Å². The SMILES string of the molecule is O=C1N=Nc2nccnc21. The molecule has 1 amide bonds. The quantitative estimate of drug-likeness (QED) is 0.524. The van der Waals surface area contributed by atoms with Crippen LogP contribution in [0.15, 0.2) is 22.6 Å². The van der Waals surface area contributed by atoms with Crippen molar-refractivity contribution >= 4 is 11.7 Å². The van der Waals surface area contributed by atoms with E-state index >= 15 is 0 Å². The highest BCUT2D eigenvalue weighted by molar-refractivity contribution is 5.98. The van der Waals surface area contributed by atoms with Crippen LogP contribution >= 0.6 is 0 Å². The number of azo groups is 1. The fraction of sp³-hybridized carbons (Fsp3) is 0. The number of aromatic nitrogens is 2. The minimum atomic E-state index is -0.414. The third-order valence-electron chi connectivity index (χ3n) is 1.12. The zero-order chi connectivity index (χ0) is 6.97. The van der Waals surface area contributed by atoms with E-state index in [1.807, 2.05) is 0 Å². The van der Waals surface area contributed by atoms with Crippen LogP contribution in [0.25, 0.3) is 0 Å². The summed E-state index contributed by atoms with van der Waals surface area (Å²) in [5.74, 6) is -0.101. The van der Waals surface area contributed by atoms with E-state index in [2.05, 4.69) is 20.2 Å². The van der Waals surface area contributed by atoms with E-state index in [0.717, 1.165) is 0 Å². The van der Waals surface area contributed by atoms with Crippen molar-refractivity contribution in [3.8, 4) is 0 Å². The van der Waals surface area contributed by atoms with Crippen molar-refractivity contribution in [3.63, 3.8) is 0 Å². The Bertz CT molecular complexity index is 319. The lowest BCUT2D eigenvalue weighted by molar-refractivity contribution is 0.0998. The second-order valence-corrected chi connectivity index (χ2v) is 1.73. The predicted octanol–water partition coefficient (Wildman–Crippen LogP) is 0.714. The van der Waals surface area contributed by atoms with Crippen molar-refractivity contribution in [2.75, 3.05) is 0 Å². The zero-order valence-corrected chi connectivity index (χ0v) is 4.85. The Balaban J connectivity index is 2.70. The van der Waals surface area contributed by atoms with Crippen LogP contribution in [-0.4, -0.2) is 15.9 Å². The number of hydrogen-bond donors (Lipinski definition) is 0. The van der Waals surface area contributed by atoms with E-state index in [1.54, 1.807) is 0 Å². The van der Waals surface area contributed by atoms with E-state index < -0.39 is 5.91 Å². The lowest BCUT2D eigenvalue weighted by Gasteiger charge is -1.86. The molecule has 10 heavy (non-hydrogen) atoms. The number of nitrogens with zero attached hydrogens (tertiary/aromatic N) is 4. The summed E-state index contributed by atoms with van der Waals surface area (Å²) in [7, 11) is 0. The van der Waals surface area contributed by atoms with Crippen LogP contribution in [0.3, 0.4) is 0 Å². The van der Waals surface area contributed by atoms with Gasteiger partial charge in [0.05, 0.1) is 0 Å². The van der Waals surface area contributed by atoms with Gasteiger partial charge in [0, 0.05) is 12.4 Å². The summed E-state index contributed by atoms with van der Waals surface area (Å²) < 4.78 is 0. The fourth-order valence-electron chi connectivity index (χ4n) is 0.695. The number of amides is 1. The molecule has 1 aromatic heterocycles. The van der Waals surface area contributed by atoms with Crippen LogP contribution in [0.4, 0.5) is 5.82 Å². The molecule has 0 aromatic carbocycles. The molecular formula is C5H2N4O. The molecule has 1 aromatic rings. The number of hydrogen-bond acceptors (Lipinski definition) is 4. The summed E-state index contributed by atoms with van der Waals surface area (Å²) in [6.07, 6.45) is 2.91. The molecule has 0 saturated heterocycles. The van der Waals surface area contributed by atoms with Gasteiger partial charge in [-0.1, -0.05) is 0 Å². The Hall–Kier alpha value is -1.65. The Morgan fingerprint density at radius 2 is 1.90 bits per heavy atom. The first-order valence-corrected chi connectivity index (χ1v) is 2.65. The average molecular weight is 134 g/mol. The molecule has 5 nitrogen and oxygen atoms in total. The minimum absolute atomic E-state index is 0.238. The first-order chi connectivity index (χ1) is 4.88. The monoisotopic (exact) mass is 134 g/mol. The molecule has 0 fully saturated rings. The van der Waals surface area contributed by atoms with Gasteiger partial charge < -0.3 is 0 Å². The van der Waals surface area contributed by atoms with Gasteiger partial charge in [-0.05, 0) is 0 Å². The molecule has 0 atom stereocenters. The smallest absolute Gasteiger partial charge is 0.263 e. The molecule has 48 valence electrons. The van der Waals surface area contributed by atoms with Crippen LogP contribution in [0.2, 0.25) is 0 Å². The van der Waals surface area contributed by atoms with Crippen molar-refractivity contribution in [3.05, 3.63) is 18.1 Å². The van der Waals surface area contributed by atoms with Crippen molar-refractivity contribution in [1.29, 1.82) is 0 Å². The van der Waals surface area contributed by atoms with Crippen LogP contribution in [0.5, 0.6) is 0 Å². The van der Waals surface area contributed by atoms with E-state index in [0.29, 0.717) is 5.82 Å². The van der Waals surface area contributed by atoms with Gasteiger partial charge in [0.2, 0.25) is 5.82 Å². The van der Waals surface area contributed by atoms with Gasteiger partial charge in [-0.2, -0.15) is 0 Å². The first kappa shape index (κ1) is 5.16. The molecule has 5 heteroatoms. The second-order valence-electron chi connectivity index (χ2n) is 1.73. The third-order valence-corrected chi connectivity index (χ3v) is 1.12. The summed E-state index contributed by atoms with van der Waals surface area (Å²) in [5, 5.41) is 6.75. The standard InChI is InChI=1S/C5H2N4O/c10-5-3-4(8-9-5)7-2-1-6-3/h1-2H. The molecule has 0 N–H and O–H groups in total. The second kappa shape index (κ2) is 1.66. The van der Waals surface area contributed by atoms with Crippen LogP contribution in [0.1, 0.15) is 10.5 Å². The molecular weight excluding hydrogens is 132 g/mol. The summed E-state index contributed by atoms with van der Waals surface area (Å²) in [6, 6.07) is 0. The van der Waals surface area contributed by atoms with Gasteiger partial charge in [0.15, 0.2) is 5.69 Å². The van der Waals surface area contributed by atoms with Gasteiger partial charge in [0.25, 0.3) is 0 Å². The number of carbonyl (C=O) groups excluding carboxylic acids is 1. The molecule has 0 radical (unpaired) electrons. The third kappa shape index (κ3) is 0.540. The zero-order valence-electron chi connectivity index (χ0n) is 4.85. The molecule has 0 spiro atoms. The highest BCUT2D eigenvalue weighted by Gasteiger charge is 2.18. The summed E-state index contributed by atoms with van der Waals surface area (Å²) in [4.78, 5) is 18.2. The summed E-state index contributed by atoms with van der Waals surface area (Å²) in [6.45, 7) is 0. The van der Waals surface area contributed by atoms with Crippen LogP contribution < -0.4 is 0 Å². The molecule has 1 aliphatic heterocycles. The average Bonchev–Trinajstić information content (AvgIpc) is 2.34. The predicted molar refractivity (Wildman–Crippen MR) is 30.9 cm³/mol. The minimum Gasteiger partial charge on any atom is -0.263 e. The maximum atomic E-state index is 10.7.